The van der Waals surface area contributed by atoms with Crippen molar-refractivity contribution in [3.8, 4) is 6.07 Å². The first-order valence-electron chi connectivity index (χ1n) is 7.77. The van der Waals surface area contributed by atoms with Crippen molar-refractivity contribution in [2.75, 3.05) is 25.2 Å². The standard InChI is InChI=1S/C15H20N6O4/c1-24-9(2-3-16)7-5-21(11-4-8(23)10(6-22)25-11)14-12(7)13(17)19-15(18)20-14/h5,8-11,22-23H,2,4,6H2,1H3,(H4,17,18,19,20)/t8-,9?,10+,11+/m0/s1. The van der Waals surface area contributed by atoms with E-state index in [0.717, 1.165) is 0 Å². The largest absolute Gasteiger partial charge is 0.394 e. The molecule has 10 heteroatoms. The SMILES string of the molecule is COC(CC#N)c1cn([C@H]2C[C@H](O)[C@@H](CO)O2)c2nc(N)nc(N)c12. The number of aromatic nitrogens is 3. The van der Waals surface area contributed by atoms with Crippen molar-refractivity contribution in [1.82, 2.24) is 14.5 Å². The number of nitrogen functional groups attached to an aromatic ring is 2. The predicted octanol–water partition coefficient (Wildman–Crippen LogP) is -0.162. The van der Waals surface area contributed by atoms with E-state index in [1.165, 1.54) is 7.11 Å². The van der Waals surface area contributed by atoms with Crippen LogP contribution in [0.3, 0.4) is 0 Å². The van der Waals surface area contributed by atoms with E-state index in [1.54, 1.807) is 10.8 Å². The summed E-state index contributed by atoms with van der Waals surface area (Å²) in [6.07, 6.45) is -0.455. The Labute approximate surface area is 143 Å². The normalized spacial score (nSPS) is 24.5. The van der Waals surface area contributed by atoms with Crippen molar-refractivity contribution in [3.63, 3.8) is 0 Å². The Morgan fingerprint density at radius 1 is 1.52 bits per heavy atom. The van der Waals surface area contributed by atoms with Gasteiger partial charge in [0.15, 0.2) is 0 Å². The molecule has 1 saturated heterocycles. The lowest BCUT2D eigenvalue weighted by molar-refractivity contribution is -0.0431. The van der Waals surface area contributed by atoms with E-state index in [4.69, 9.17) is 26.2 Å². The summed E-state index contributed by atoms with van der Waals surface area (Å²) in [6, 6.07) is 2.07. The highest BCUT2D eigenvalue weighted by Gasteiger charge is 2.36. The van der Waals surface area contributed by atoms with E-state index < -0.39 is 24.5 Å². The van der Waals surface area contributed by atoms with Crippen LogP contribution in [0.1, 0.15) is 30.7 Å². The van der Waals surface area contributed by atoms with Crippen molar-refractivity contribution in [3.05, 3.63) is 11.8 Å². The topological polar surface area (TPSA) is 165 Å². The molecule has 1 fully saturated rings. The second-order valence-electron chi connectivity index (χ2n) is 5.86. The van der Waals surface area contributed by atoms with E-state index >= 15 is 0 Å². The number of methoxy groups -OCH3 is 1. The molecule has 1 aliphatic heterocycles. The molecule has 3 heterocycles. The minimum absolute atomic E-state index is 0.00223. The third kappa shape index (κ3) is 2.98. The van der Waals surface area contributed by atoms with E-state index in [-0.39, 0.29) is 31.2 Å². The van der Waals surface area contributed by atoms with Gasteiger partial charge in [-0.15, -0.1) is 0 Å². The maximum Gasteiger partial charge on any atom is 0.223 e. The molecule has 0 bridgehead atoms. The Kier molecular flexibility index (Phi) is 4.73. The van der Waals surface area contributed by atoms with Gasteiger partial charge >= 0.3 is 0 Å². The lowest BCUT2D eigenvalue weighted by atomic mass is 10.1. The van der Waals surface area contributed by atoms with Gasteiger partial charge in [0.05, 0.1) is 36.7 Å². The second kappa shape index (κ2) is 6.81. The third-order valence-electron chi connectivity index (χ3n) is 4.35. The molecule has 0 aliphatic carbocycles. The van der Waals surface area contributed by atoms with Crippen LogP contribution >= 0.6 is 0 Å². The Bertz CT molecular complexity index is 816. The van der Waals surface area contributed by atoms with Gasteiger partial charge in [0.2, 0.25) is 5.95 Å². The zero-order chi connectivity index (χ0) is 18.1. The van der Waals surface area contributed by atoms with E-state index in [0.29, 0.717) is 16.6 Å². The summed E-state index contributed by atoms with van der Waals surface area (Å²) in [4.78, 5) is 8.23. The van der Waals surface area contributed by atoms with Gasteiger partial charge in [0, 0.05) is 25.3 Å². The molecule has 134 valence electrons. The smallest absolute Gasteiger partial charge is 0.223 e. The molecule has 6 N–H and O–H groups in total. The Morgan fingerprint density at radius 2 is 2.28 bits per heavy atom. The second-order valence-corrected chi connectivity index (χ2v) is 5.86. The fraction of sp³-hybridized carbons (Fsp3) is 0.533. The van der Waals surface area contributed by atoms with Crippen LogP contribution in [0.15, 0.2) is 6.20 Å². The van der Waals surface area contributed by atoms with Crippen LogP contribution in [0.5, 0.6) is 0 Å². The fourth-order valence-electron chi connectivity index (χ4n) is 3.14. The molecule has 25 heavy (non-hydrogen) atoms. The van der Waals surface area contributed by atoms with Crippen LogP contribution in [0.25, 0.3) is 11.0 Å². The molecule has 1 aliphatic rings. The summed E-state index contributed by atoms with van der Waals surface area (Å²) in [5, 5.41) is 28.8. The first-order chi connectivity index (χ1) is 12.0. The number of rotatable bonds is 5. The van der Waals surface area contributed by atoms with Gasteiger partial charge in [-0.05, 0) is 0 Å². The molecule has 0 spiro atoms. The molecule has 0 aromatic carbocycles. The number of nitrogens with two attached hydrogens (primary N) is 2. The average Bonchev–Trinajstić information content (AvgIpc) is 3.13. The van der Waals surface area contributed by atoms with Crippen LogP contribution in [-0.2, 0) is 9.47 Å². The summed E-state index contributed by atoms with van der Waals surface area (Å²) in [5.41, 5.74) is 12.8. The zero-order valence-electron chi connectivity index (χ0n) is 13.7. The number of nitrogens with zero attached hydrogens (tertiary/aromatic N) is 4. The Hall–Kier alpha value is -2.45. The number of hydrogen-bond acceptors (Lipinski definition) is 9. The Balaban J connectivity index is 2.15. The van der Waals surface area contributed by atoms with Crippen LogP contribution < -0.4 is 11.5 Å². The minimum atomic E-state index is -0.801. The average molecular weight is 348 g/mol. The molecule has 0 saturated carbocycles. The molecule has 3 rings (SSSR count). The monoisotopic (exact) mass is 348 g/mol. The summed E-state index contributed by atoms with van der Waals surface area (Å²) in [6.45, 7) is -0.294. The number of aliphatic hydroxyl groups excluding tert-OH is 2. The van der Waals surface area contributed by atoms with E-state index in [2.05, 4.69) is 16.0 Å². The third-order valence-corrected chi connectivity index (χ3v) is 4.35. The van der Waals surface area contributed by atoms with Crippen molar-refractivity contribution in [2.24, 2.45) is 0 Å². The molecule has 4 atom stereocenters. The van der Waals surface area contributed by atoms with Crippen LogP contribution in [0.2, 0.25) is 0 Å². The molecular weight excluding hydrogens is 328 g/mol. The van der Waals surface area contributed by atoms with Crippen LogP contribution in [0.4, 0.5) is 11.8 Å². The quantitative estimate of drug-likeness (QED) is 0.574. The van der Waals surface area contributed by atoms with Crippen molar-refractivity contribution in [1.29, 1.82) is 5.26 Å². The van der Waals surface area contributed by atoms with Gasteiger partial charge in [-0.1, -0.05) is 0 Å². The molecule has 2 aromatic heterocycles. The molecular formula is C15H20N6O4. The van der Waals surface area contributed by atoms with Crippen LogP contribution in [-0.4, -0.2) is 50.7 Å². The maximum absolute atomic E-state index is 10.0. The van der Waals surface area contributed by atoms with Gasteiger partial charge in [0.25, 0.3) is 0 Å². The molecule has 0 amide bonds. The van der Waals surface area contributed by atoms with Gasteiger partial charge in [-0.2, -0.15) is 15.2 Å². The van der Waals surface area contributed by atoms with Crippen molar-refractivity contribution >= 4 is 22.8 Å². The number of hydrogen-bond donors (Lipinski definition) is 4. The summed E-state index contributed by atoms with van der Waals surface area (Å²) >= 11 is 0. The number of fused-ring (bicyclic) bond motifs is 1. The maximum atomic E-state index is 10.0. The first kappa shape index (κ1) is 17.4. The first-order valence-corrected chi connectivity index (χ1v) is 7.77. The molecule has 2 aromatic rings. The summed E-state index contributed by atoms with van der Waals surface area (Å²) < 4.78 is 12.8. The minimum Gasteiger partial charge on any atom is -0.394 e. The highest BCUT2D eigenvalue weighted by Crippen LogP contribution is 2.38. The van der Waals surface area contributed by atoms with Gasteiger partial charge in [-0.25, -0.2) is 0 Å². The van der Waals surface area contributed by atoms with Gasteiger partial charge in [0.1, 0.15) is 23.8 Å². The van der Waals surface area contributed by atoms with Crippen molar-refractivity contribution < 1.29 is 19.7 Å². The summed E-state index contributed by atoms with van der Waals surface area (Å²) in [5.74, 6) is 0.177. The number of ether oxygens (including phenoxy) is 2. The van der Waals surface area contributed by atoms with Gasteiger partial charge < -0.3 is 35.7 Å². The Morgan fingerprint density at radius 3 is 2.88 bits per heavy atom. The predicted molar refractivity (Wildman–Crippen MR) is 88.0 cm³/mol. The van der Waals surface area contributed by atoms with Crippen molar-refractivity contribution in [2.45, 2.75) is 37.4 Å². The number of anilines is 2. The zero-order valence-corrected chi connectivity index (χ0v) is 13.7. The molecule has 0 radical (unpaired) electrons. The fourth-order valence-corrected chi connectivity index (χ4v) is 3.14. The lowest BCUT2D eigenvalue weighted by Gasteiger charge is -2.14. The van der Waals surface area contributed by atoms with E-state index in [1.807, 2.05) is 0 Å². The van der Waals surface area contributed by atoms with Crippen LogP contribution in [0, 0.1) is 11.3 Å². The highest BCUT2D eigenvalue weighted by atomic mass is 16.5. The molecule has 1 unspecified atom stereocenters. The summed E-state index contributed by atoms with van der Waals surface area (Å²) in [7, 11) is 1.50. The van der Waals surface area contributed by atoms with Gasteiger partial charge in [-0.3, -0.25) is 0 Å². The van der Waals surface area contributed by atoms with E-state index in [9.17, 15) is 10.2 Å². The molecule has 10 nitrogen and oxygen atoms in total. The number of nitriles is 1. The lowest BCUT2D eigenvalue weighted by Crippen LogP contribution is -2.24. The highest BCUT2D eigenvalue weighted by molar-refractivity contribution is 5.91. The number of aliphatic hydroxyl groups is 2.